The Kier molecular flexibility index (Phi) is 9.89. The number of hydrazine groups is 2. The number of amides is 4. The van der Waals surface area contributed by atoms with Gasteiger partial charge < -0.3 is 30.9 Å². The van der Waals surface area contributed by atoms with Crippen molar-refractivity contribution in [2.75, 3.05) is 36.0 Å². The molecule has 47 heavy (non-hydrogen) atoms. The molecule has 1 aromatic carbocycles. The van der Waals surface area contributed by atoms with E-state index in [1.165, 1.54) is 19.2 Å². The maximum atomic E-state index is 11.7. The minimum atomic E-state index is -1.72. The molecule has 0 atom stereocenters. The van der Waals surface area contributed by atoms with Crippen LogP contribution in [-0.2, 0) is 0 Å². The Bertz CT molecular complexity index is 1710. The Labute approximate surface area is 267 Å². The van der Waals surface area contributed by atoms with E-state index in [0.29, 0.717) is 22.6 Å². The zero-order valence-electron chi connectivity index (χ0n) is 25.3. The number of rotatable bonds is 10. The molecule has 4 rings (SSSR count). The highest BCUT2D eigenvalue weighted by molar-refractivity contribution is 5.88. The molecular formula is C30H30N8O9. The van der Waals surface area contributed by atoms with E-state index in [-0.39, 0.29) is 57.5 Å². The summed E-state index contributed by atoms with van der Waals surface area (Å²) in [7, 11) is 1.48. The molecule has 0 saturated carbocycles. The molecule has 0 unspecified atom stereocenters. The number of imide groups is 2. The van der Waals surface area contributed by atoms with Crippen LogP contribution in [-0.4, -0.2) is 90.0 Å². The molecule has 0 aliphatic heterocycles. The Morgan fingerprint density at radius 1 is 0.638 bits per heavy atom. The molecule has 4 amide bonds. The van der Waals surface area contributed by atoms with Crippen LogP contribution in [0.5, 0.6) is 5.75 Å². The predicted molar refractivity (Wildman–Crippen MR) is 169 cm³/mol. The molecule has 17 heteroatoms. The van der Waals surface area contributed by atoms with Gasteiger partial charge in [0.25, 0.3) is 0 Å². The molecule has 17 nitrogen and oxygen atoms in total. The minimum Gasteiger partial charge on any atom is -0.495 e. The fourth-order valence-electron chi connectivity index (χ4n) is 4.68. The van der Waals surface area contributed by atoms with E-state index in [1.54, 1.807) is 68.4 Å². The number of benzene rings is 1. The summed E-state index contributed by atoms with van der Waals surface area (Å²) in [6, 6.07) is 17.7. The van der Waals surface area contributed by atoms with E-state index in [0.717, 1.165) is 10.0 Å². The Morgan fingerprint density at radius 3 is 1.45 bits per heavy atom. The number of aromatic nitrogens is 3. The van der Waals surface area contributed by atoms with E-state index in [1.807, 2.05) is 0 Å². The number of ether oxygens (including phenoxy) is 1. The van der Waals surface area contributed by atoms with Crippen molar-refractivity contribution in [2.45, 2.75) is 13.8 Å². The summed E-state index contributed by atoms with van der Waals surface area (Å²) in [6.07, 6.45) is -6.88. The second-order valence-electron chi connectivity index (χ2n) is 9.53. The van der Waals surface area contributed by atoms with Gasteiger partial charge in [-0.05, 0) is 73.5 Å². The smallest absolute Gasteiger partial charge is 0.436 e. The molecule has 0 radical (unpaired) electrons. The van der Waals surface area contributed by atoms with Gasteiger partial charge in [0, 0.05) is 13.1 Å². The number of carboxylic acid groups (broad SMARTS) is 4. The number of nitrogens with two attached hydrogens (primary N) is 1. The van der Waals surface area contributed by atoms with Crippen LogP contribution in [0.15, 0.2) is 66.7 Å². The van der Waals surface area contributed by atoms with Crippen LogP contribution >= 0.6 is 0 Å². The number of hydrogen-bond acceptors (Lipinski definition) is 11. The predicted octanol–water partition coefficient (Wildman–Crippen LogP) is 5.26. The van der Waals surface area contributed by atoms with E-state index < -0.39 is 24.4 Å². The van der Waals surface area contributed by atoms with Gasteiger partial charge >= 0.3 is 24.4 Å². The Balaban J connectivity index is 1.92. The van der Waals surface area contributed by atoms with Crippen molar-refractivity contribution in [1.29, 1.82) is 0 Å². The molecule has 0 spiro atoms. The number of methoxy groups -OCH3 is 1. The maximum Gasteiger partial charge on any atom is 0.436 e. The maximum absolute atomic E-state index is 11.7. The number of anilines is 3. The largest absolute Gasteiger partial charge is 0.495 e. The zero-order chi connectivity index (χ0) is 34.4. The summed E-state index contributed by atoms with van der Waals surface area (Å²) in [6.45, 7) is 3.03. The van der Waals surface area contributed by atoms with Crippen LogP contribution in [0.1, 0.15) is 13.8 Å². The third-order valence-electron chi connectivity index (χ3n) is 6.72. The summed E-state index contributed by atoms with van der Waals surface area (Å²) in [4.78, 5) is 60.7. The lowest BCUT2D eigenvalue weighted by Crippen LogP contribution is -2.49. The summed E-state index contributed by atoms with van der Waals surface area (Å²) in [5.41, 5.74) is 8.82. The fraction of sp³-hybridized carbons (Fsp3) is 0.167. The van der Waals surface area contributed by atoms with Gasteiger partial charge in [0.15, 0.2) is 0 Å². The van der Waals surface area contributed by atoms with Crippen LogP contribution in [0, 0.1) is 0 Å². The molecule has 4 aromatic rings. The molecule has 3 heterocycles. The number of nitrogen functional groups attached to an aromatic ring is 1. The van der Waals surface area contributed by atoms with Gasteiger partial charge in [-0.3, -0.25) is 10.0 Å². The molecule has 0 aliphatic carbocycles. The van der Waals surface area contributed by atoms with Gasteiger partial charge in [0.2, 0.25) is 0 Å². The van der Waals surface area contributed by atoms with Crippen LogP contribution in [0.3, 0.4) is 0 Å². The average Bonchev–Trinajstić information content (AvgIpc) is 3.05. The quantitative estimate of drug-likeness (QED) is 0.109. The Hall–Kier alpha value is -6.65. The van der Waals surface area contributed by atoms with Crippen molar-refractivity contribution in [3.63, 3.8) is 0 Å². The summed E-state index contributed by atoms with van der Waals surface area (Å²) < 4.78 is 5.28. The minimum absolute atomic E-state index is 0.0124. The number of hydrogen-bond donors (Lipinski definition) is 5. The van der Waals surface area contributed by atoms with Crippen molar-refractivity contribution >= 4 is 41.7 Å². The van der Waals surface area contributed by atoms with Crippen molar-refractivity contribution in [2.24, 2.45) is 0 Å². The summed E-state index contributed by atoms with van der Waals surface area (Å²) >= 11 is 0. The third-order valence-corrected chi connectivity index (χ3v) is 6.72. The monoisotopic (exact) mass is 646 g/mol. The van der Waals surface area contributed by atoms with Gasteiger partial charge in [0.05, 0.1) is 35.6 Å². The van der Waals surface area contributed by atoms with E-state index in [9.17, 15) is 39.6 Å². The molecular weight excluding hydrogens is 616 g/mol. The lowest BCUT2D eigenvalue weighted by Gasteiger charge is -2.29. The molecule has 0 bridgehead atoms. The van der Waals surface area contributed by atoms with Gasteiger partial charge in [0.1, 0.15) is 17.4 Å². The molecule has 3 aromatic heterocycles. The second kappa shape index (κ2) is 14.0. The third kappa shape index (κ3) is 7.03. The first kappa shape index (κ1) is 33.2. The second-order valence-corrected chi connectivity index (χ2v) is 9.53. The summed E-state index contributed by atoms with van der Waals surface area (Å²) in [5, 5.41) is 40.2. The lowest BCUT2D eigenvalue weighted by molar-refractivity contribution is 0.116. The zero-order valence-corrected chi connectivity index (χ0v) is 25.3. The van der Waals surface area contributed by atoms with Crippen LogP contribution in [0.25, 0.3) is 33.9 Å². The van der Waals surface area contributed by atoms with E-state index in [4.69, 9.17) is 15.5 Å². The van der Waals surface area contributed by atoms with E-state index in [2.05, 4.69) is 9.97 Å². The number of nitrogens with zero attached hydrogens (tertiary/aromatic N) is 7. The summed E-state index contributed by atoms with van der Waals surface area (Å²) in [5.74, 6) is 0.478. The highest BCUT2D eigenvalue weighted by atomic mass is 16.5. The Morgan fingerprint density at radius 2 is 1.09 bits per heavy atom. The van der Waals surface area contributed by atoms with Gasteiger partial charge in [-0.15, -0.1) is 10.0 Å². The lowest BCUT2D eigenvalue weighted by atomic mass is 10.0. The normalized spacial score (nSPS) is 10.5. The topological polar surface area (TPSA) is 236 Å². The molecule has 6 N–H and O–H groups in total. The van der Waals surface area contributed by atoms with Gasteiger partial charge in [-0.2, -0.15) is 0 Å². The standard InChI is InChI=1S/C30H30N8O9/c1-4-35(37(27(39)40)28(41)42)25-10-6-8-20(33-25)22-15-18(17-12-13-24(47-3)19(31)14-17)16-23(32-22)21-9-7-11-26(34-21)36(5-2)38(29(43)44)30(45)46/h6-16H,4-5,31H2,1-3H3,(H,39,40)(H,41,42)(H,43,44)(H,45,46). The molecule has 244 valence electrons. The first-order valence-corrected chi connectivity index (χ1v) is 13.9. The highest BCUT2D eigenvalue weighted by Crippen LogP contribution is 2.33. The van der Waals surface area contributed by atoms with Gasteiger partial charge in [-0.1, -0.05) is 18.2 Å². The van der Waals surface area contributed by atoms with Crippen LogP contribution in [0.4, 0.5) is 36.5 Å². The average molecular weight is 647 g/mol. The van der Waals surface area contributed by atoms with Crippen LogP contribution in [0.2, 0.25) is 0 Å². The highest BCUT2D eigenvalue weighted by Gasteiger charge is 2.29. The first-order chi connectivity index (χ1) is 22.4. The number of carbonyl (C=O) groups is 4. The molecule has 0 saturated heterocycles. The van der Waals surface area contributed by atoms with Crippen molar-refractivity contribution in [1.82, 2.24) is 25.0 Å². The van der Waals surface area contributed by atoms with Gasteiger partial charge in [-0.25, -0.2) is 34.1 Å². The van der Waals surface area contributed by atoms with E-state index >= 15 is 0 Å². The van der Waals surface area contributed by atoms with Crippen molar-refractivity contribution in [3.05, 3.63) is 66.7 Å². The number of pyridine rings is 3. The molecule has 0 fully saturated rings. The van der Waals surface area contributed by atoms with Crippen molar-refractivity contribution < 1.29 is 44.3 Å². The first-order valence-electron chi connectivity index (χ1n) is 13.9. The SMILES string of the molecule is CCN(c1cccc(-c2cc(-c3ccc(OC)c(N)c3)cc(-c3cccc(N(CC)N(C(=O)O)C(=O)O)n3)n2)n1)N(C(=O)O)C(=O)O. The fourth-order valence-corrected chi connectivity index (χ4v) is 4.68. The van der Waals surface area contributed by atoms with Crippen molar-refractivity contribution in [3.8, 4) is 39.7 Å². The molecule has 0 aliphatic rings. The van der Waals surface area contributed by atoms with Crippen LogP contribution < -0.4 is 20.5 Å².